The molecule has 1 aromatic carbocycles. The number of aliphatic hydroxyl groups excluding tert-OH is 1. The topological polar surface area (TPSA) is 58.6 Å². The van der Waals surface area contributed by atoms with Crippen molar-refractivity contribution in [3.05, 3.63) is 51.7 Å². The first-order valence-corrected chi connectivity index (χ1v) is 7.56. The van der Waals surface area contributed by atoms with Crippen LogP contribution in [0.5, 0.6) is 5.75 Å². The number of nitrogens with one attached hydrogen (secondary N) is 1. The third-order valence-electron chi connectivity index (χ3n) is 3.06. The summed E-state index contributed by atoms with van der Waals surface area (Å²) in [4.78, 5) is 13.7. The molecular formula is C16H19NO3S. The summed E-state index contributed by atoms with van der Waals surface area (Å²) in [6, 6.07) is 11.5. The highest BCUT2D eigenvalue weighted by atomic mass is 32.1. The fraction of sp³-hybridized carbons (Fsp3) is 0.312. The summed E-state index contributed by atoms with van der Waals surface area (Å²) in [6.07, 6.45) is -0.0924. The van der Waals surface area contributed by atoms with E-state index in [0.717, 1.165) is 10.4 Å². The van der Waals surface area contributed by atoms with Crippen molar-refractivity contribution in [2.24, 2.45) is 0 Å². The Balaban J connectivity index is 1.88. The Morgan fingerprint density at radius 2 is 2.10 bits per heavy atom. The van der Waals surface area contributed by atoms with Gasteiger partial charge in [0.1, 0.15) is 10.6 Å². The molecule has 1 atom stereocenters. The van der Waals surface area contributed by atoms with E-state index in [4.69, 9.17) is 4.74 Å². The number of thiophene rings is 1. The molecule has 5 heteroatoms. The summed E-state index contributed by atoms with van der Waals surface area (Å²) in [7, 11) is 1.54. The van der Waals surface area contributed by atoms with Crippen LogP contribution >= 0.6 is 11.3 Å². The van der Waals surface area contributed by atoms with Crippen LogP contribution in [-0.2, 0) is 6.42 Å². The van der Waals surface area contributed by atoms with E-state index >= 15 is 0 Å². The standard InChI is InChI=1S/C16H19NO3S/c1-11-8-14(20-2)15(21-11)16(19)17-10-13(18)9-12-6-4-3-5-7-12/h3-8,13,18H,9-10H2,1-2H3,(H,17,19)/t13-/m1/s1. The van der Waals surface area contributed by atoms with Gasteiger partial charge in [0, 0.05) is 17.8 Å². The van der Waals surface area contributed by atoms with Gasteiger partial charge in [-0.15, -0.1) is 11.3 Å². The molecule has 21 heavy (non-hydrogen) atoms. The molecule has 1 amide bonds. The molecule has 112 valence electrons. The van der Waals surface area contributed by atoms with Crippen molar-refractivity contribution in [2.45, 2.75) is 19.4 Å². The number of aryl methyl sites for hydroxylation is 1. The number of methoxy groups -OCH3 is 1. The van der Waals surface area contributed by atoms with Crippen molar-refractivity contribution in [3.63, 3.8) is 0 Å². The third-order valence-corrected chi connectivity index (χ3v) is 4.09. The molecule has 0 spiro atoms. The SMILES string of the molecule is COc1cc(C)sc1C(=O)NC[C@H](O)Cc1ccccc1. The second-order valence-corrected chi connectivity index (χ2v) is 6.06. The largest absolute Gasteiger partial charge is 0.495 e. The lowest BCUT2D eigenvalue weighted by Crippen LogP contribution is -2.32. The number of aliphatic hydroxyl groups is 1. The highest BCUT2D eigenvalue weighted by molar-refractivity contribution is 7.14. The Kier molecular flexibility index (Phi) is 5.36. The zero-order valence-electron chi connectivity index (χ0n) is 12.1. The molecular weight excluding hydrogens is 286 g/mol. The summed E-state index contributed by atoms with van der Waals surface area (Å²) < 4.78 is 5.18. The predicted molar refractivity (Wildman–Crippen MR) is 84.1 cm³/mol. The van der Waals surface area contributed by atoms with Crippen LogP contribution in [0.25, 0.3) is 0 Å². The smallest absolute Gasteiger partial charge is 0.265 e. The molecule has 0 fully saturated rings. The van der Waals surface area contributed by atoms with Crippen LogP contribution in [0.2, 0.25) is 0 Å². The average Bonchev–Trinajstić information content (AvgIpc) is 2.87. The van der Waals surface area contributed by atoms with E-state index in [9.17, 15) is 9.90 Å². The zero-order chi connectivity index (χ0) is 15.2. The molecule has 2 rings (SSSR count). The van der Waals surface area contributed by atoms with Crippen LogP contribution in [0, 0.1) is 6.92 Å². The van der Waals surface area contributed by atoms with Crippen molar-refractivity contribution in [1.82, 2.24) is 5.32 Å². The molecule has 0 bridgehead atoms. The summed E-state index contributed by atoms with van der Waals surface area (Å²) in [5, 5.41) is 12.7. The number of ether oxygens (including phenoxy) is 1. The normalized spacial score (nSPS) is 12.0. The van der Waals surface area contributed by atoms with Crippen molar-refractivity contribution in [1.29, 1.82) is 0 Å². The average molecular weight is 305 g/mol. The fourth-order valence-electron chi connectivity index (χ4n) is 2.05. The first-order chi connectivity index (χ1) is 10.1. The maximum Gasteiger partial charge on any atom is 0.265 e. The highest BCUT2D eigenvalue weighted by Crippen LogP contribution is 2.28. The van der Waals surface area contributed by atoms with Crippen LogP contribution in [0.15, 0.2) is 36.4 Å². The van der Waals surface area contributed by atoms with Crippen LogP contribution in [-0.4, -0.2) is 30.8 Å². The number of benzene rings is 1. The Morgan fingerprint density at radius 1 is 1.38 bits per heavy atom. The van der Waals surface area contributed by atoms with E-state index < -0.39 is 6.10 Å². The van der Waals surface area contributed by atoms with Gasteiger partial charge >= 0.3 is 0 Å². The number of carbonyl (C=O) groups excluding carboxylic acids is 1. The lowest BCUT2D eigenvalue weighted by Gasteiger charge is -2.12. The van der Waals surface area contributed by atoms with E-state index in [1.165, 1.54) is 11.3 Å². The van der Waals surface area contributed by atoms with Gasteiger partial charge in [-0.3, -0.25) is 4.79 Å². The van der Waals surface area contributed by atoms with Crippen LogP contribution in [0.3, 0.4) is 0 Å². The maximum absolute atomic E-state index is 12.1. The first kappa shape index (κ1) is 15.5. The zero-order valence-corrected chi connectivity index (χ0v) is 12.9. The van der Waals surface area contributed by atoms with Crippen molar-refractivity contribution in [2.75, 3.05) is 13.7 Å². The number of carbonyl (C=O) groups is 1. The van der Waals surface area contributed by atoms with E-state index in [2.05, 4.69) is 5.32 Å². The molecule has 0 aliphatic carbocycles. The molecule has 0 saturated carbocycles. The van der Waals surface area contributed by atoms with Gasteiger partial charge in [0.25, 0.3) is 5.91 Å². The quantitative estimate of drug-likeness (QED) is 0.861. The van der Waals surface area contributed by atoms with E-state index in [1.54, 1.807) is 7.11 Å². The fourth-order valence-corrected chi connectivity index (χ4v) is 2.95. The Labute approximate surface area is 128 Å². The second kappa shape index (κ2) is 7.24. The van der Waals surface area contributed by atoms with Crippen LogP contribution in [0.4, 0.5) is 0 Å². The van der Waals surface area contributed by atoms with Gasteiger partial charge in [-0.25, -0.2) is 0 Å². The Hall–Kier alpha value is -1.85. The molecule has 4 nitrogen and oxygen atoms in total. The van der Waals surface area contributed by atoms with Crippen molar-refractivity contribution >= 4 is 17.2 Å². The first-order valence-electron chi connectivity index (χ1n) is 6.74. The summed E-state index contributed by atoms with van der Waals surface area (Å²) in [5.41, 5.74) is 1.05. The summed E-state index contributed by atoms with van der Waals surface area (Å²) >= 11 is 1.38. The number of hydrogen-bond acceptors (Lipinski definition) is 4. The predicted octanol–water partition coefficient (Wildman–Crippen LogP) is 2.40. The van der Waals surface area contributed by atoms with Crippen LogP contribution < -0.4 is 10.1 Å². The van der Waals surface area contributed by atoms with Gasteiger partial charge in [-0.2, -0.15) is 0 Å². The molecule has 1 heterocycles. The van der Waals surface area contributed by atoms with E-state index in [1.807, 2.05) is 43.3 Å². The number of amides is 1. The molecule has 0 saturated heterocycles. The maximum atomic E-state index is 12.1. The van der Waals surface area contributed by atoms with Crippen molar-refractivity contribution in [3.8, 4) is 5.75 Å². The molecule has 0 aliphatic heterocycles. The third kappa shape index (κ3) is 4.31. The summed E-state index contributed by atoms with van der Waals surface area (Å²) in [5.74, 6) is 0.365. The highest BCUT2D eigenvalue weighted by Gasteiger charge is 2.16. The number of hydrogen-bond donors (Lipinski definition) is 2. The minimum Gasteiger partial charge on any atom is -0.495 e. The lowest BCUT2D eigenvalue weighted by atomic mass is 10.1. The molecule has 2 N–H and O–H groups in total. The van der Waals surface area contributed by atoms with Gasteiger partial charge in [-0.1, -0.05) is 30.3 Å². The van der Waals surface area contributed by atoms with E-state index in [0.29, 0.717) is 17.0 Å². The van der Waals surface area contributed by atoms with E-state index in [-0.39, 0.29) is 12.5 Å². The lowest BCUT2D eigenvalue weighted by molar-refractivity contribution is 0.0917. The van der Waals surface area contributed by atoms with Gasteiger partial charge in [0.05, 0.1) is 13.2 Å². The van der Waals surface area contributed by atoms with Crippen molar-refractivity contribution < 1.29 is 14.6 Å². The van der Waals surface area contributed by atoms with Crippen LogP contribution in [0.1, 0.15) is 20.1 Å². The van der Waals surface area contributed by atoms with Gasteiger partial charge in [0.15, 0.2) is 0 Å². The Morgan fingerprint density at radius 3 is 2.76 bits per heavy atom. The number of rotatable bonds is 6. The summed E-state index contributed by atoms with van der Waals surface area (Å²) in [6.45, 7) is 2.14. The van der Waals surface area contributed by atoms with Gasteiger partial charge < -0.3 is 15.2 Å². The molecule has 0 radical (unpaired) electrons. The minimum atomic E-state index is -0.608. The van der Waals surface area contributed by atoms with Gasteiger partial charge in [0.2, 0.25) is 0 Å². The minimum absolute atomic E-state index is 0.211. The monoisotopic (exact) mass is 305 g/mol. The molecule has 1 aromatic heterocycles. The Bertz CT molecular complexity index is 595. The van der Waals surface area contributed by atoms with Gasteiger partial charge in [-0.05, 0) is 18.6 Å². The molecule has 0 aliphatic rings. The molecule has 2 aromatic rings. The molecule has 0 unspecified atom stereocenters. The second-order valence-electron chi connectivity index (χ2n) is 4.81.